The molecule has 4 rings (SSSR count). The molecule has 0 saturated carbocycles. The van der Waals surface area contributed by atoms with E-state index < -0.39 is 28.5 Å². The van der Waals surface area contributed by atoms with Gasteiger partial charge in [-0.05, 0) is 66.9 Å². The summed E-state index contributed by atoms with van der Waals surface area (Å²) in [5.74, 6) is -0.522. The molecule has 0 saturated heterocycles. The van der Waals surface area contributed by atoms with E-state index in [-0.39, 0.29) is 34.5 Å². The lowest BCUT2D eigenvalue weighted by atomic mass is 10.0. The summed E-state index contributed by atoms with van der Waals surface area (Å²) < 4.78 is 35.6. The van der Waals surface area contributed by atoms with Crippen molar-refractivity contribution in [3.8, 4) is 5.75 Å². The third-order valence-electron chi connectivity index (χ3n) is 7.40. The molecule has 0 aliphatic rings. The van der Waals surface area contributed by atoms with Crippen molar-refractivity contribution in [2.24, 2.45) is 0 Å². The summed E-state index contributed by atoms with van der Waals surface area (Å²) in [5.41, 5.74) is 2.70. The summed E-state index contributed by atoms with van der Waals surface area (Å²) in [7, 11) is -2.79. The van der Waals surface area contributed by atoms with Gasteiger partial charge in [0.25, 0.3) is 10.0 Å². The van der Waals surface area contributed by atoms with Crippen LogP contribution in [0, 0.1) is 6.92 Å². The topological polar surface area (TPSA) is 96.0 Å². The number of halogens is 2. The van der Waals surface area contributed by atoms with Gasteiger partial charge in [0.1, 0.15) is 18.3 Å². The van der Waals surface area contributed by atoms with E-state index in [1.165, 1.54) is 36.3 Å². The Kier molecular flexibility index (Phi) is 12.3. The number of sulfonamides is 1. The van der Waals surface area contributed by atoms with E-state index in [9.17, 15) is 18.0 Å². The smallest absolute Gasteiger partial charge is 0.264 e. The first kappa shape index (κ1) is 35.0. The molecule has 0 heterocycles. The SMILES string of the molecule is CCCNC(=O)[C@@H](Cc1ccccc1)N(Cc1ccc(Br)cc1)C(=O)CN(c1ccc(OC)c(Cl)c1)S(=O)(=O)c1ccc(C)cc1. The molecule has 1 atom stereocenters. The Morgan fingerprint density at radius 1 is 0.935 bits per heavy atom. The number of hydrogen-bond donors (Lipinski definition) is 1. The number of methoxy groups -OCH3 is 1. The lowest BCUT2D eigenvalue weighted by Crippen LogP contribution is -2.53. The van der Waals surface area contributed by atoms with Gasteiger partial charge in [-0.2, -0.15) is 0 Å². The predicted molar refractivity (Wildman–Crippen MR) is 186 cm³/mol. The van der Waals surface area contributed by atoms with Gasteiger partial charge in [-0.3, -0.25) is 13.9 Å². The van der Waals surface area contributed by atoms with Gasteiger partial charge in [-0.15, -0.1) is 0 Å². The number of nitrogens with one attached hydrogen (secondary N) is 1. The number of nitrogens with zero attached hydrogens (tertiary/aromatic N) is 2. The van der Waals surface area contributed by atoms with Crippen LogP contribution in [0.3, 0.4) is 0 Å². The van der Waals surface area contributed by atoms with Crippen molar-refractivity contribution < 1.29 is 22.7 Å². The molecule has 0 bridgehead atoms. The second kappa shape index (κ2) is 16.1. The van der Waals surface area contributed by atoms with Crippen molar-refractivity contribution in [1.82, 2.24) is 10.2 Å². The Morgan fingerprint density at radius 2 is 1.61 bits per heavy atom. The highest BCUT2D eigenvalue weighted by molar-refractivity contribution is 9.10. The molecule has 1 N–H and O–H groups in total. The minimum absolute atomic E-state index is 0.0128. The lowest BCUT2D eigenvalue weighted by Gasteiger charge is -2.34. The van der Waals surface area contributed by atoms with Crippen LogP contribution in [0.25, 0.3) is 0 Å². The molecule has 4 aromatic rings. The fourth-order valence-corrected chi connectivity index (χ4v) is 6.81. The summed E-state index contributed by atoms with van der Waals surface area (Å²) in [6.45, 7) is 3.73. The maximum atomic E-state index is 14.5. The summed E-state index contributed by atoms with van der Waals surface area (Å²) in [4.78, 5) is 29.7. The van der Waals surface area contributed by atoms with Crippen LogP contribution >= 0.6 is 27.5 Å². The van der Waals surface area contributed by atoms with Crippen molar-refractivity contribution in [2.45, 2.75) is 44.2 Å². The average Bonchev–Trinajstić information content (AvgIpc) is 3.05. The van der Waals surface area contributed by atoms with Gasteiger partial charge in [-0.1, -0.05) is 94.6 Å². The Morgan fingerprint density at radius 3 is 2.22 bits per heavy atom. The number of hydrogen-bond acceptors (Lipinski definition) is 5. The van der Waals surface area contributed by atoms with E-state index >= 15 is 0 Å². The van der Waals surface area contributed by atoms with E-state index in [0.29, 0.717) is 18.7 Å². The number of carbonyl (C=O) groups excluding carboxylic acids is 2. The molecule has 0 spiro atoms. The van der Waals surface area contributed by atoms with E-state index in [1.54, 1.807) is 18.2 Å². The molecule has 8 nitrogen and oxygen atoms in total. The molecule has 0 aromatic heterocycles. The fraction of sp³-hybridized carbons (Fsp3) is 0.257. The minimum atomic E-state index is -4.25. The quantitative estimate of drug-likeness (QED) is 0.155. The predicted octanol–water partition coefficient (Wildman–Crippen LogP) is 6.78. The van der Waals surface area contributed by atoms with Gasteiger partial charge in [0, 0.05) is 24.0 Å². The van der Waals surface area contributed by atoms with Crippen molar-refractivity contribution >= 4 is 55.1 Å². The van der Waals surface area contributed by atoms with Gasteiger partial charge in [0.2, 0.25) is 11.8 Å². The molecule has 4 aromatic carbocycles. The summed E-state index contributed by atoms with van der Waals surface area (Å²) >= 11 is 9.89. The summed E-state index contributed by atoms with van der Waals surface area (Å²) in [5, 5.41) is 3.13. The molecular formula is C35H37BrClN3O5S. The van der Waals surface area contributed by atoms with Crippen molar-refractivity contribution in [2.75, 3.05) is 24.5 Å². The van der Waals surface area contributed by atoms with Crippen LogP contribution in [-0.2, 0) is 32.6 Å². The first-order chi connectivity index (χ1) is 22.0. The first-order valence-corrected chi connectivity index (χ1v) is 17.4. The Labute approximate surface area is 284 Å². The molecule has 0 unspecified atom stereocenters. The maximum Gasteiger partial charge on any atom is 0.264 e. The standard InChI is InChI=1S/C35H37BrClN3O5S/c1-4-20-38-35(42)32(21-26-8-6-5-7-9-26)39(23-27-12-14-28(36)15-13-27)34(41)24-40(29-16-19-33(45-3)31(37)22-29)46(43,44)30-17-10-25(2)11-18-30/h5-19,22,32H,4,20-21,23-24H2,1-3H3,(H,38,42)/t32-/m1/s1. The molecule has 0 radical (unpaired) electrons. The zero-order chi connectivity index (χ0) is 33.3. The molecule has 11 heteroatoms. The third kappa shape index (κ3) is 8.90. The number of anilines is 1. The van der Waals surface area contributed by atoms with Crippen LogP contribution < -0.4 is 14.4 Å². The molecule has 0 fully saturated rings. The van der Waals surface area contributed by atoms with E-state index in [0.717, 1.165) is 25.5 Å². The maximum absolute atomic E-state index is 14.5. The third-order valence-corrected chi connectivity index (χ3v) is 10.0. The summed E-state index contributed by atoms with van der Waals surface area (Å²) in [6, 6.07) is 26.9. The van der Waals surface area contributed by atoms with Crippen LogP contribution in [-0.4, -0.2) is 51.4 Å². The zero-order valence-corrected chi connectivity index (χ0v) is 29.1. The monoisotopic (exact) mass is 725 g/mol. The van der Waals surface area contributed by atoms with Crippen LogP contribution in [0.1, 0.15) is 30.0 Å². The van der Waals surface area contributed by atoms with Gasteiger partial charge >= 0.3 is 0 Å². The van der Waals surface area contributed by atoms with E-state index in [2.05, 4.69) is 21.2 Å². The average molecular weight is 727 g/mol. The van der Waals surface area contributed by atoms with Gasteiger partial charge in [-0.25, -0.2) is 8.42 Å². The number of ether oxygens (including phenoxy) is 1. The number of carbonyl (C=O) groups is 2. The minimum Gasteiger partial charge on any atom is -0.495 e. The molecule has 2 amide bonds. The molecule has 242 valence electrons. The lowest BCUT2D eigenvalue weighted by molar-refractivity contribution is -0.140. The van der Waals surface area contributed by atoms with E-state index in [1.807, 2.05) is 68.4 Å². The highest BCUT2D eigenvalue weighted by Gasteiger charge is 2.34. The Hall–Kier alpha value is -3.86. The Bertz CT molecular complexity index is 1740. The molecule has 0 aliphatic heterocycles. The number of aryl methyl sites for hydroxylation is 1. The van der Waals surface area contributed by atoms with Gasteiger partial charge in [0.05, 0.1) is 22.7 Å². The Balaban J connectivity index is 1.81. The number of amides is 2. The molecule has 0 aliphatic carbocycles. The van der Waals surface area contributed by atoms with Gasteiger partial charge in [0.15, 0.2) is 0 Å². The number of rotatable bonds is 14. The molecular weight excluding hydrogens is 690 g/mol. The molecule has 46 heavy (non-hydrogen) atoms. The summed E-state index contributed by atoms with van der Waals surface area (Å²) in [6.07, 6.45) is 0.947. The van der Waals surface area contributed by atoms with E-state index in [4.69, 9.17) is 16.3 Å². The zero-order valence-electron chi connectivity index (χ0n) is 26.0. The van der Waals surface area contributed by atoms with Crippen LogP contribution in [0.5, 0.6) is 5.75 Å². The van der Waals surface area contributed by atoms with Crippen LogP contribution in [0.4, 0.5) is 5.69 Å². The first-order valence-electron chi connectivity index (χ1n) is 14.8. The second-order valence-electron chi connectivity index (χ2n) is 10.8. The fourth-order valence-electron chi connectivity index (χ4n) is 4.88. The van der Waals surface area contributed by atoms with Crippen molar-refractivity contribution in [1.29, 1.82) is 0 Å². The van der Waals surface area contributed by atoms with Gasteiger partial charge < -0.3 is 15.0 Å². The van der Waals surface area contributed by atoms with Crippen LogP contribution in [0.2, 0.25) is 5.02 Å². The highest BCUT2D eigenvalue weighted by atomic mass is 79.9. The second-order valence-corrected chi connectivity index (χ2v) is 14.0. The number of benzene rings is 4. The van der Waals surface area contributed by atoms with Crippen molar-refractivity contribution in [3.05, 3.63) is 123 Å². The normalized spacial score (nSPS) is 11.8. The van der Waals surface area contributed by atoms with Crippen molar-refractivity contribution in [3.63, 3.8) is 0 Å². The highest BCUT2D eigenvalue weighted by Crippen LogP contribution is 2.32. The largest absolute Gasteiger partial charge is 0.495 e. The van der Waals surface area contributed by atoms with Crippen LogP contribution in [0.15, 0.2) is 106 Å².